The van der Waals surface area contributed by atoms with Crippen LogP contribution in [0.15, 0.2) is 42.5 Å². The lowest BCUT2D eigenvalue weighted by molar-refractivity contribution is 0.373. The molecule has 5 heteroatoms. The van der Waals surface area contributed by atoms with E-state index in [1.54, 1.807) is 13.1 Å². The molecule has 0 aliphatic carbocycles. The number of phenols is 1. The molecule has 0 aliphatic rings. The second-order valence-corrected chi connectivity index (χ2v) is 3.98. The van der Waals surface area contributed by atoms with Crippen LogP contribution in [0.4, 0.5) is 17.1 Å². The lowest BCUT2D eigenvalue weighted by Crippen LogP contribution is -2.30. The van der Waals surface area contributed by atoms with Crippen molar-refractivity contribution in [1.82, 2.24) is 5.43 Å². The summed E-state index contributed by atoms with van der Waals surface area (Å²) in [4.78, 5) is 0. The van der Waals surface area contributed by atoms with Gasteiger partial charge in [-0.1, -0.05) is 18.2 Å². The standard InChI is InChI=1S/C14H17N3O2/c1-16-17(10-6-4-3-5-7-10)12-9-14(19-2)13(18)8-11(12)15/h3-9,16,18H,15H2,1-2H3. The predicted molar refractivity (Wildman–Crippen MR) is 76.7 cm³/mol. The number of para-hydroxylation sites is 1. The fourth-order valence-electron chi connectivity index (χ4n) is 1.90. The second kappa shape index (κ2) is 5.49. The number of phenolic OH excluding ortho intramolecular Hbond substituents is 1. The molecule has 0 bridgehead atoms. The number of anilines is 3. The maximum atomic E-state index is 9.70. The molecule has 0 aliphatic heterocycles. The Morgan fingerprint density at radius 1 is 1.21 bits per heavy atom. The summed E-state index contributed by atoms with van der Waals surface area (Å²) < 4.78 is 5.11. The average molecular weight is 259 g/mol. The Morgan fingerprint density at radius 2 is 1.89 bits per heavy atom. The van der Waals surface area contributed by atoms with Gasteiger partial charge in [0.1, 0.15) is 0 Å². The fourth-order valence-corrected chi connectivity index (χ4v) is 1.90. The topological polar surface area (TPSA) is 70.8 Å². The van der Waals surface area contributed by atoms with Crippen molar-refractivity contribution < 1.29 is 9.84 Å². The van der Waals surface area contributed by atoms with Crippen LogP contribution in [0.3, 0.4) is 0 Å². The Balaban J connectivity index is 2.50. The summed E-state index contributed by atoms with van der Waals surface area (Å²) in [6.07, 6.45) is 0. The van der Waals surface area contributed by atoms with Gasteiger partial charge in [0.05, 0.1) is 24.2 Å². The maximum absolute atomic E-state index is 9.70. The molecule has 5 nitrogen and oxygen atoms in total. The normalized spacial score (nSPS) is 10.2. The van der Waals surface area contributed by atoms with E-state index in [1.165, 1.54) is 13.2 Å². The van der Waals surface area contributed by atoms with E-state index in [2.05, 4.69) is 5.43 Å². The first kappa shape index (κ1) is 13.0. The highest BCUT2D eigenvalue weighted by Crippen LogP contribution is 2.37. The second-order valence-electron chi connectivity index (χ2n) is 3.98. The first-order chi connectivity index (χ1) is 9.17. The Kier molecular flexibility index (Phi) is 3.77. The maximum Gasteiger partial charge on any atom is 0.162 e. The molecule has 0 atom stereocenters. The molecule has 2 rings (SSSR count). The molecule has 0 radical (unpaired) electrons. The van der Waals surface area contributed by atoms with Crippen molar-refractivity contribution in [3.63, 3.8) is 0 Å². The highest BCUT2D eigenvalue weighted by molar-refractivity contribution is 5.77. The van der Waals surface area contributed by atoms with Crippen LogP contribution < -0.4 is 20.9 Å². The van der Waals surface area contributed by atoms with Crippen molar-refractivity contribution in [2.24, 2.45) is 0 Å². The summed E-state index contributed by atoms with van der Waals surface area (Å²) in [7, 11) is 3.30. The number of nitrogens with zero attached hydrogens (tertiary/aromatic N) is 1. The fraction of sp³-hybridized carbons (Fsp3) is 0.143. The quantitative estimate of drug-likeness (QED) is 0.580. The van der Waals surface area contributed by atoms with Gasteiger partial charge >= 0.3 is 0 Å². The molecular weight excluding hydrogens is 242 g/mol. The van der Waals surface area contributed by atoms with Gasteiger partial charge in [0.15, 0.2) is 11.5 Å². The van der Waals surface area contributed by atoms with E-state index in [0.29, 0.717) is 17.1 Å². The minimum Gasteiger partial charge on any atom is -0.504 e. The molecule has 0 fully saturated rings. The third kappa shape index (κ3) is 2.56. The van der Waals surface area contributed by atoms with Gasteiger partial charge in [0.25, 0.3) is 0 Å². The van der Waals surface area contributed by atoms with Crippen LogP contribution in [0.25, 0.3) is 0 Å². The van der Waals surface area contributed by atoms with Crippen molar-refractivity contribution in [2.75, 3.05) is 24.9 Å². The van der Waals surface area contributed by atoms with Gasteiger partial charge in [-0.15, -0.1) is 0 Å². The highest BCUT2D eigenvalue weighted by Gasteiger charge is 2.14. The molecular formula is C14H17N3O2. The number of methoxy groups -OCH3 is 1. The molecule has 0 saturated carbocycles. The van der Waals surface area contributed by atoms with Crippen molar-refractivity contribution in [3.05, 3.63) is 42.5 Å². The molecule has 100 valence electrons. The van der Waals surface area contributed by atoms with Crippen LogP contribution in [0.2, 0.25) is 0 Å². The van der Waals surface area contributed by atoms with Gasteiger partial charge in [-0.2, -0.15) is 0 Å². The summed E-state index contributed by atoms with van der Waals surface area (Å²) in [6, 6.07) is 12.9. The predicted octanol–water partition coefficient (Wildman–Crippen LogP) is 2.26. The molecule has 2 aromatic carbocycles. The number of hydrogen-bond acceptors (Lipinski definition) is 5. The van der Waals surface area contributed by atoms with Crippen molar-refractivity contribution in [1.29, 1.82) is 0 Å². The Morgan fingerprint density at radius 3 is 2.47 bits per heavy atom. The van der Waals surface area contributed by atoms with Gasteiger partial charge in [0.2, 0.25) is 0 Å². The number of hydrogen-bond donors (Lipinski definition) is 3. The average Bonchev–Trinajstić information content (AvgIpc) is 2.43. The number of benzene rings is 2. The monoisotopic (exact) mass is 259 g/mol. The summed E-state index contributed by atoms with van der Waals surface area (Å²) in [6.45, 7) is 0. The van der Waals surface area contributed by atoms with Crippen molar-refractivity contribution in [3.8, 4) is 11.5 Å². The summed E-state index contributed by atoms with van der Waals surface area (Å²) in [5.74, 6) is 0.397. The van der Waals surface area contributed by atoms with Crippen LogP contribution in [0.5, 0.6) is 11.5 Å². The van der Waals surface area contributed by atoms with Crippen LogP contribution >= 0.6 is 0 Å². The van der Waals surface area contributed by atoms with Gasteiger partial charge in [-0.25, -0.2) is 5.43 Å². The lowest BCUT2D eigenvalue weighted by atomic mass is 10.2. The molecule has 4 N–H and O–H groups in total. The van der Waals surface area contributed by atoms with Crippen molar-refractivity contribution in [2.45, 2.75) is 0 Å². The summed E-state index contributed by atoms with van der Waals surface area (Å²) in [5, 5.41) is 11.5. The number of nitrogens with two attached hydrogens (primary N) is 1. The number of aromatic hydroxyl groups is 1. The lowest BCUT2D eigenvalue weighted by Gasteiger charge is -2.25. The number of nitrogen functional groups attached to an aromatic ring is 1. The van der Waals surface area contributed by atoms with E-state index >= 15 is 0 Å². The molecule has 0 unspecified atom stereocenters. The third-order valence-corrected chi connectivity index (χ3v) is 2.81. The van der Waals surface area contributed by atoms with Gasteiger partial charge in [0, 0.05) is 19.2 Å². The van der Waals surface area contributed by atoms with E-state index in [4.69, 9.17) is 10.5 Å². The van der Waals surface area contributed by atoms with Gasteiger partial charge < -0.3 is 15.6 Å². The molecule has 0 saturated heterocycles. The van der Waals surface area contributed by atoms with E-state index in [0.717, 1.165) is 5.69 Å². The smallest absolute Gasteiger partial charge is 0.162 e. The van der Waals surface area contributed by atoms with Gasteiger partial charge in [-0.3, -0.25) is 5.01 Å². The van der Waals surface area contributed by atoms with Crippen molar-refractivity contribution >= 4 is 17.1 Å². The van der Waals surface area contributed by atoms with Crippen LogP contribution in [0, 0.1) is 0 Å². The molecule has 0 heterocycles. The first-order valence-electron chi connectivity index (χ1n) is 5.86. The van der Waals surface area contributed by atoms with Crippen LogP contribution in [-0.4, -0.2) is 19.3 Å². The zero-order chi connectivity index (χ0) is 13.8. The van der Waals surface area contributed by atoms with Crippen LogP contribution in [0.1, 0.15) is 0 Å². The molecule has 0 amide bonds. The van der Waals surface area contributed by atoms with E-state index < -0.39 is 0 Å². The Labute approximate surface area is 112 Å². The van der Waals surface area contributed by atoms with E-state index in [1.807, 2.05) is 35.3 Å². The minimum atomic E-state index is 0.0212. The van der Waals surface area contributed by atoms with Gasteiger partial charge in [-0.05, 0) is 12.1 Å². The number of nitrogens with one attached hydrogen (secondary N) is 1. The first-order valence-corrected chi connectivity index (χ1v) is 5.86. The summed E-state index contributed by atoms with van der Waals surface area (Å²) >= 11 is 0. The molecule has 2 aromatic rings. The van der Waals surface area contributed by atoms with E-state index in [9.17, 15) is 5.11 Å². The number of rotatable bonds is 4. The zero-order valence-corrected chi connectivity index (χ0v) is 10.9. The van der Waals surface area contributed by atoms with Crippen LogP contribution in [-0.2, 0) is 0 Å². The Bertz CT molecular complexity index is 558. The number of hydrazine groups is 1. The summed E-state index contributed by atoms with van der Waals surface area (Å²) in [5.41, 5.74) is 11.1. The SMILES string of the molecule is CNN(c1ccccc1)c1cc(OC)c(O)cc1N. The molecule has 0 spiro atoms. The third-order valence-electron chi connectivity index (χ3n) is 2.81. The molecule has 19 heavy (non-hydrogen) atoms. The van der Waals surface area contributed by atoms with E-state index in [-0.39, 0.29) is 5.75 Å². The largest absolute Gasteiger partial charge is 0.504 e. The Hall–Kier alpha value is -2.40. The zero-order valence-electron chi connectivity index (χ0n) is 10.9. The minimum absolute atomic E-state index is 0.0212. The molecule has 0 aromatic heterocycles. The number of ether oxygens (including phenoxy) is 1. The highest BCUT2D eigenvalue weighted by atomic mass is 16.5.